The molecule has 0 heterocycles. The fraction of sp³-hybridized carbons (Fsp3) is 0.857. The number of methoxy groups -OCH3 is 1. The van der Waals surface area contributed by atoms with Crippen molar-refractivity contribution in [2.24, 2.45) is 0 Å². The molecule has 0 aromatic carbocycles. The van der Waals surface area contributed by atoms with E-state index in [4.69, 9.17) is 4.74 Å². The summed E-state index contributed by atoms with van der Waals surface area (Å²) in [4.78, 5) is 10.7. The van der Waals surface area contributed by atoms with E-state index in [1.807, 2.05) is 13.8 Å². The number of esters is 1. The van der Waals surface area contributed by atoms with Crippen LogP contribution in [0.1, 0.15) is 20.3 Å². The summed E-state index contributed by atoms with van der Waals surface area (Å²) < 4.78 is 9.45. The molecular weight excluding hydrogens is 132 g/mol. The van der Waals surface area contributed by atoms with Crippen molar-refractivity contribution in [2.75, 3.05) is 13.7 Å². The number of carbonyl (C=O) groups is 1. The van der Waals surface area contributed by atoms with Gasteiger partial charge in [0, 0.05) is 7.11 Å². The molecule has 0 radical (unpaired) electrons. The van der Waals surface area contributed by atoms with E-state index in [1.54, 1.807) is 0 Å². The Balaban J connectivity index is 3.37. The zero-order valence-electron chi connectivity index (χ0n) is 6.72. The van der Waals surface area contributed by atoms with Crippen LogP contribution in [0.2, 0.25) is 0 Å². The van der Waals surface area contributed by atoms with Gasteiger partial charge in [0.05, 0.1) is 6.10 Å². The second-order valence-corrected chi connectivity index (χ2v) is 2.14. The topological polar surface area (TPSA) is 35.5 Å². The average molecular weight is 146 g/mol. The Bertz CT molecular complexity index is 101. The molecule has 0 aromatic heterocycles. The minimum Gasteiger partial charge on any atom is -0.461 e. The number of carbonyl (C=O) groups excluding carboxylic acids is 1. The number of rotatable bonds is 4. The highest BCUT2D eigenvalue weighted by atomic mass is 16.6. The third kappa shape index (κ3) is 4.32. The molecule has 60 valence electrons. The van der Waals surface area contributed by atoms with Crippen molar-refractivity contribution in [3.05, 3.63) is 0 Å². The van der Waals surface area contributed by atoms with Gasteiger partial charge in [0.2, 0.25) is 0 Å². The third-order valence-electron chi connectivity index (χ3n) is 1.17. The summed E-state index contributed by atoms with van der Waals surface area (Å²) in [7, 11) is 1.47. The van der Waals surface area contributed by atoms with Crippen molar-refractivity contribution in [1.82, 2.24) is 0 Å². The van der Waals surface area contributed by atoms with E-state index in [2.05, 4.69) is 4.74 Å². The van der Waals surface area contributed by atoms with Crippen LogP contribution in [0, 0.1) is 0 Å². The Kier molecular flexibility index (Phi) is 4.94. The van der Waals surface area contributed by atoms with E-state index in [0.29, 0.717) is 0 Å². The molecule has 0 aliphatic heterocycles. The zero-order chi connectivity index (χ0) is 7.98. The van der Waals surface area contributed by atoms with Gasteiger partial charge in [-0.2, -0.15) is 0 Å². The number of hydrogen-bond acceptors (Lipinski definition) is 3. The lowest BCUT2D eigenvalue weighted by atomic mass is 10.3. The Morgan fingerprint density at radius 2 is 2.20 bits per heavy atom. The normalized spacial score (nSPS) is 12.7. The van der Waals surface area contributed by atoms with Gasteiger partial charge in [0.25, 0.3) is 0 Å². The van der Waals surface area contributed by atoms with Crippen LogP contribution >= 0.6 is 0 Å². The Morgan fingerprint density at radius 3 is 2.60 bits per heavy atom. The molecule has 0 saturated carbocycles. The first-order valence-corrected chi connectivity index (χ1v) is 3.39. The molecule has 3 nitrogen and oxygen atoms in total. The third-order valence-corrected chi connectivity index (χ3v) is 1.17. The first-order chi connectivity index (χ1) is 4.70. The van der Waals surface area contributed by atoms with Gasteiger partial charge in [-0.05, 0) is 13.3 Å². The molecule has 0 saturated heterocycles. The largest absolute Gasteiger partial charge is 0.461 e. The lowest BCUT2D eigenvalue weighted by Gasteiger charge is -2.09. The van der Waals surface area contributed by atoms with Crippen LogP contribution in [0.25, 0.3) is 0 Å². The van der Waals surface area contributed by atoms with Crippen molar-refractivity contribution < 1.29 is 14.3 Å². The molecule has 0 aliphatic carbocycles. The smallest absolute Gasteiger partial charge is 0.332 e. The van der Waals surface area contributed by atoms with Crippen LogP contribution in [0.3, 0.4) is 0 Å². The fourth-order valence-corrected chi connectivity index (χ4v) is 0.460. The first kappa shape index (κ1) is 9.43. The van der Waals surface area contributed by atoms with Gasteiger partial charge in [-0.25, -0.2) is 4.79 Å². The van der Waals surface area contributed by atoms with Gasteiger partial charge >= 0.3 is 5.97 Å². The van der Waals surface area contributed by atoms with Crippen LogP contribution in [0.4, 0.5) is 0 Å². The highest BCUT2D eigenvalue weighted by molar-refractivity contribution is 5.70. The minimum atomic E-state index is -0.295. The van der Waals surface area contributed by atoms with E-state index >= 15 is 0 Å². The van der Waals surface area contributed by atoms with Crippen molar-refractivity contribution in [3.63, 3.8) is 0 Å². The summed E-state index contributed by atoms with van der Waals surface area (Å²) >= 11 is 0. The lowest BCUT2D eigenvalue weighted by Crippen LogP contribution is -2.17. The van der Waals surface area contributed by atoms with Crippen molar-refractivity contribution in [2.45, 2.75) is 26.4 Å². The maximum absolute atomic E-state index is 10.7. The van der Waals surface area contributed by atoms with E-state index in [9.17, 15) is 4.79 Å². The summed E-state index contributed by atoms with van der Waals surface area (Å²) in [5.41, 5.74) is 0. The molecule has 10 heavy (non-hydrogen) atoms. The van der Waals surface area contributed by atoms with E-state index in [1.165, 1.54) is 7.11 Å². The van der Waals surface area contributed by atoms with Crippen LogP contribution in [0.15, 0.2) is 0 Å². The zero-order valence-corrected chi connectivity index (χ0v) is 6.72. The second-order valence-electron chi connectivity index (χ2n) is 2.14. The van der Waals surface area contributed by atoms with Gasteiger partial charge in [-0.3, -0.25) is 0 Å². The lowest BCUT2D eigenvalue weighted by molar-refractivity contribution is -0.152. The quantitative estimate of drug-likeness (QED) is 0.554. The monoisotopic (exact) mass is 146 g/mol. The second kappa shape index (κ2) is 5.23. The summed E-state index contributed by atoms with van der Waals surface area (Å²) in [6.45, 7) is 3.86. The molecule has 0 rings (SSSR count). The summed E-state index contributed by atoms with van der Waals surface area (Å²) in [6, 6.07) is 0. The maximum Gasteiger partial charge on any atom is 0.332 e. The van der Waals surface area contributed by atoms with Gasteiger partial charge in [0.15, 0.2) is 0 Å². The SMILES string of the molecule is CCC(C)OC(=O)COC. The molecule has 1 unspecified atom stereocenters. The maximum atomic E-state index is 10.7. The van der Waals surface area contributed by atoms with E-state index < -0.39 is 0 Å². The predicted octanol–water partition coefficient (Wildman–Crippen LogP) is 0.974. The highest BCUT2D eigenvalue weighted by Gasteiger charge is 2.05. The molecule has 0 spiro atoms. The van der Waals surface area contributed by atoms with Crippen LogP contribution in [-0.2, 0) is 14.3 Å². The molecular formula is C7H14O3. The van der Waals surface area contributed by atoms with Crippen LogP contribution in [0.5, 0.6) is 0 Å². The van der Waals surface area contributed by atoms with Gasteiger partial charge < -0.3 is 9.47 Å². The van der Waals surface area contributed by atoms with Crippen molar-refractivity contribution in [1.29, 1.82) is 0 Å². The Labute approximate surface area is 61.3 Å². The Morgan fingerprint density at radius 1 is 1.60 bits per heavy atom. The summed E-state index contributed by atoms with van der Waals surface area (Å²) in [5, 5.41) is 0. The summed E-state index contributed by atoms with van der Waals surface area (Å²) in [6.07, 6.45) is 0.845. The predicted molar refractivity (Wildman–Crippen MR) is 37.7 cm³/mol. The van der Waals surface area contributed by atoms with Crippen molar-refractivity contribution >= 4 is 5.97 Å². The molecule has 0 aromatic rings. The van der Waals surface area contributed by atoms with Gasteiger partial charge in [0.1, 0.15) is 6.61 Å². The van der Waals surface area contributed by atoms with Crippen molar-refractivity contribution in [3.8, 4) is 0 Å². The van der Waals surface area contributed by atoms with Crippen LogP contribution < -0.4 is 0 Å². The van der Waals surface area contributed by atoms with E-state index in [-0.39, 0.29) is 18.7 Å². The molecule has 0 N–H and O–H groups in total. The minimum absolute atomic E-state index is 0.00245. The molecule has 3 heteroatoms. The Hall–Kier alpha value is -0.570. The van der Waals surface area contributed by atoms with E-state index in [0.717, 1.165) is 6.42 Å². The van der Waals surface area contributed by atoms with Gasteiger partial charge in [-0.1, -0.05) is 6.92 Å². The molecule has 0 amide bonds. The van der Waals surface area contributed by atoms with Gasteiger partial charge in [-0.15, -0.1) is 0 Å². The highest BCUT2D eigenvalue weighted by Crippen LogP contribution is 1.95. The first-order valence-electron chi connectivity index (χ1n) is 3.39. The molecule has 0 aliphatic rings. The average Bonchev–Trinajstić information content (AvgIpc) is 1.88. The fourth-order valence-electron chi connectivity index (χ4n) is 0.460. The standard InChI is InChI=1S/C7H14O3/c1-4-6(2)10-7(8)5-9-3/h6H,4-5H2,1-3H3. The number of ether oxygens (including phenoxy) is 2. The van der Waals surface area contributed by atoms with Crippen LogP contribution in [-0.4, -0.2) is 25.8 Å². The molecule has 1 atom stereocenters. The summed E-state index contributed by atoms with van der Waals surface area (Å²) in [5.74, 6) is -0.295. The molecule has 0 bridgehead atoms. The number of hydrogen-bond donors (Lipinski definition) is 0. The molecule has 0 fully saturated rings.